The Morgan fingerprint density at radius 1 is 1.50 bits per heavy atom. The molecule has 2 saturated heterocycles. The minimum Gasteiger partial charge on any atom is -0.298 e. The van der Waals surface area contributed by atoms with Crippen molar-refractivity contribution in [2.45, 2.75) is 51.2 Å². The summed E-state index contributed by atoms with van der Waals surface area (Å²) in [5, 5.41) is 3.41. The van der Waals surface area contributed by atoms with Crippen LogP contribution < -0.4 is 0 Å². The summed E-state index contributed by atoms with van der Waals surface area (Å²) in [4.78, 5) is 9.94. The van der Waals surface area contributed by atoms with Gasteiger partial charge in [-0.1, -0.05) is 6.92 Å². The molecule has 3 heterocycles. The molecule has 3 rings (SSSR count). The van der Waals surface area contributed by atoms with Gasteiger partial charge >= 0.3 is 0 Å². The normalized spacial score (nSPS) is 31.4. The van der Waals surface area contributed by atoms with Crippen LogP contribution in [0.2, 0.25) is 0 Å². The van der Waals surface area contributed by atoms with Crippen LogP contribution in [0, 0.1) is 0 Å². The molecule has 100 valence electrons. The first kappa shape index (κ1) is 12.6. The number of hydrogen-bond acceptors (Lipinski definition) is 4. The van der Waals surface area contributed by atoms with Crippen LogP contribution in [-0.2, 0) is 0 Å². The van der Waals surface area contributed by atoms with Gasteiger partial charge in [0.25, 0.3) is 0 Å². The van der Waals surface area contributed by atoms with E-state index < -0.39 is 0 Å². The van der Waals surface area contributed by atoms with Gasteiger partial charge in [0, 0.05) is 36.8 Å². The minimum absolute atomic E-state index is 0.530. The second-order valence-electron chi connectivity index (χ2n) is 5.63. The van der Waals surface area contributed by atoms with E-state index in [9.17, 15) is 0 Å². The van der Waals surface area contributed by atoms with Gasteiger partial charge in [-0.2, -0.15) is 0 Å². The molecule has 4 heteroatoms. The van der Waals surface area contributed by atoms with Gasteiger partial charge in [0.1, 0.15) is 5.01 Å². The zero-order valence-corrected chi connectivity index (χ0v) is 12.2. The molecule has 0 amide bonds. The third-order valence-electron chi connectivity index (χ3n) is 4.51. The van der Waals surface area contributed by atoms with Crippen molar-refractivity contribution in [2.24, 2.45) is 0 Å². The second-order valence-corrected chi connectivity index (χ2v) is 6.56. The van der Waals surface area contributed by atoms with Gasteiger partial charge in [0.05, 0.1) is 6.04 Å². The molecule has 1 aromatic heterocycles. The fourth-order valence-corrected chi connectivity index (χ4v) is 4.44. The van der Waals surface area contributed by atoms with E-state index in [2.05, 4.69) is 34.0 Å². The number of rotatable bonds is 3. The van der Waals surface area contributed by atoms with E-state index in [1.54, 1.807) is 0 Å². The van der Waals surface area contributed by atoms with Crippen molar-refractivity contribution in [3.63, 3.8) is 0 Å². The molecule has 0 bridgehead atoms. The zero-order valence-electron chi connectivity index (χ0n) is 11.4. The molecule has 1 aromatic rings. The molecule has 3 unspecified atom stereocenters. The van der Waals surface area contributed by atoms with Crippen LogP contribution in [0.4, 0.5) is 0 Å². The third kappa shape index (κ3) is 2.22. The Labute approximate surface area is 114 Å². The molecule has 18 heavy (non-hydrogen) atoms. The largest absolute Gasteiger partial charge is 0.298 e. The maximum absolute atomic E-state index is 4.55. The molecule has 0 spiro atoms. The average molecular weight is 265 g/mol. The Bertz CT molecular complexity index is 378. The van der Waals surface area contributed by atoms with Crippen LogP contribution in [-0.4, -0.2) is 46.5 Å². The van der Waals surface area contributed by atoms with Crippen molar-refractivity contribution in [1.82, 2.24) is 14.8 Å². The topological polar surface area (TPSA) is 19.4 Å². The molecule has 2 aliphatic rings. The molecule has 2 fully saturated rings. The van der Waals surface area contributed by atoms with Gasteiger partial charge in [0.2, 0.25) is 0 Å². The molecule has 3 nitrogen and oxygen atoms in total. The van der Waals surface area contributed by atoms with E-state index in [1.807, 2.05) is 17.5 Å². The first-order chi connectivity index (χ1) is 8.79. The Kier molecular flexibility index (Phi) is 3.68. The monoisotopic (exact) mass is 265 g/mol. The van der Waals surface area contributed by atoms with E-state index in [0.29, 0.717) is 12.1 Å². The van der Waals surface area contributed by atoms with Crippen molar-refractivity contribution in [2.75, 3.05) is 19.6 Å². The number of thiazole rings is 1. The second kappa shape index (κ2) is 5.27. The molecular formula is C14H23N3S. The first-order valence-electron chi connectivity index (χ1n) is 7.18. The number of piperazine rings is 1. The SMILES string of the molecule is CCC(c1nccs1)N1CC2CCCN2CC1C. The number of hydrogen-bond donors (Lipinski definition) is 0. The summed E-state index contributed by atoms with van der Waals surface area (Å²) in [6.45, 7) is 8.47. The summed E-state index contributed by atoms with van der Waals surface area (Å²) in [5.74, 6) is 0. The van der Waals surface area contributed by atoms with Crippen molar-refractivity contribution < 1.29 is 0 Å². The quantitative estimate of drug-likeness (QED) is 0.838. The van der Waals surface area contributed by atoms with Crippen LogP contribution >= 0.6 is 11.3 Å². The number of aromatic nitrogens is 1. The maximum Gasteiger partial charge on any atom is 0.110 e. The van der Waals surface area contributed by atoms with E-state index in [0.717, 1.165) is 6.04 Å². The lowest BCUT2D eigenvalue weighted by atomic mass is 10.0. The highest BCUT2D eigenvalue weighted by molar-refractivity contribution is 7.09. The summed E-state index contributed by atoms with van der Waals surface area (Å²) in [6, 6.07) is 1.99. The molecule has 3 atom stereocenters. The molecule has 0 aromatic carbocycles. The van der Waals surface area contributed by atoms with Crippen molar-refractivity contribution in [3.8, 4) is 0 Å². The van der Waals surface area contributed by atoms with E-state index in [-0.39, 0.29) is 0 Å². The van der Waals surface area contributed by atoms with Crippen molar-refractivity contribution in [1.29, 1.82) is 0 Å². The van der Waals surface area contributed by atoms with E-state index in [4.69, 9.17) is 0 Å². The fourth-order valence-electron chi connectivity index (χ4n) is 3.59. The predicted molar refractivity (Wildman–Crippen MR) is 75.9 cm³/mol. The van der Waals surface area contributed by atoms with Crippen LogP contribution in [0.25, 0.3) is 0 Å². The molecule has 0 aliphatic carbocycles. The van der Waals surface area contributed by atoms with Gasteiger partial charge in [-0.25, -0.2) is 4.98 Å². The molecule has 2 aliphatic heterocycles. The fraction of sp³-hybridized carbons (Fsp3) is 0.786. The highest BCUT2D eigenvalue weighted by Gasteiger charge is 2.37. The Hall–Kier alpha value is -0.450. The highest BCUT2D eigenvalue weighted by atomic mass is 32.1. The summed E-state index contributed by atoms with van der Waals surface area (Å²) in [5.41, 5.74) is 0. The van der Waals surface area contributed by atoms with E-state index in [1.165, 1.54) is 43.9 Å². The van der Waals surface area contributed by atoms with Gasteiger partial charge < -0.3 is 0 Å². The van der Waals surface area contributed by atoms with Crippen molar-refractivity contribution in [3.05, 3.63) is 16.6 Å². The Morgan fingerprint density at radius 2 is 2.39 bits per heavy atom. The highest BCUT2D eigenvalue weighted by Crippen LogP contribution is 2.33. The van der Waals surface area contributed by atoms with Crippen molar-refractivity contribution >= 4 is 11.3 Å². The van der Waals surface area contributed by atoms with Crippen LogP contribution in [0.5, 0.6) is 0 Å². The Morgan fingerprint density at radius 3 is 3.11 bits per heavy atom. The van der Waals surface area contributed by atoms with Crippen LogP contribution in [0.3, 0.4) is 0 Å². The lowest BCUT2D eigenvalue weighted by molar-refractivity contribution is 0.0257. The number of fused-ring (bicyclic) bond motifs is 1. The van der Waals surface area contributed by atoms with Gasteiger partial charge in [0.15, 0.2) is 0 Å². The summed E-state index contributed by atoms with van der Waals surface area (Å²) >= 11 is 1.81. The van der Waals surface area contributed by atoms with Gasteiger partial charge in [-0.15, -0.1) is 11.3 Å². The average Bonchev–Trinajstić information content (AvgIpc) is 3.01. The lowest BCUT2D eigenvalue weighted by Gasteiger charge is -2.45. The standard InChI is InChI=1S/C14H23N3S/c1-3-13(14-15-6-8-18-14)17-10-12-5-4-7-16(12)9-11(17)2/h6,8,11-13H,3-5,7,9-10H2,1-2H3. The minimum atomic E-state index is 0.530. The summed E-state index contributed by atoms with van der Waals surface area (Å²) in [7, 11) is 0. The third-order valence-corrected chi connectivity index (χ3v) is 5.39. The first-order valence-corrected chi connectivity index (χ1v) is 8.06. The summed E-state index contributed by atoms with van der Waals surface area (Å²) < 4.78 is 0. The molecular weight excluding hydrogens is 242 g/mol. The van der Waals surface area contributed by atoms with Crippen LogP contribution in [0.1, 0.15) is 44.2 Å². The van der Waals surface area contributed by atoms with Gasteiger partial charge in [-0.3, -0.25) is 9.80 Å². The molecule has 0 saturated carbocycles. The van der Waals surface area contributed by atoms with E-state index >= 15 is 0 Å². The zero-order chi connectivity index (χ0) is 12.5. The summed E-state index contributed by atoms with van der Waals surface area (Å²) in [6.07, 6.45) is 5.89. The Balaban J connectivity index is 1.77. The molecule has 0 radical (unpaired) electrons. The predicted octanol–water partition coefficient (Wildman–Crippen LogP) is 2.76. The molecule has 0 N–H and O–H groups in total. The van der Waals surface area contributed by atoms with Gasteiger partial charge in [-0.05, 0) is 32.7 Å². The number of nitrogens with zero attached hydrogens (tertiary/aromatic N) is 3. The van der Waals surface area contributed by atoms with Crippen LogP contribution in [0.15, 0.2) is 11.6 Å². The maximum atomic E-state index is 4.55. The lowest BCUT2D eigenvalue weighted by Crippen LogP contribution is -2.55. The smallest absolute Gasteiger partial charge is 0.110 e.